The van der Waals surface area contributed by atoms with E-state index >= 15 is 0 Å². The molecule has 0 atom stereocenters. The maximum absolute atomic E-state index is 3.61. The lowest BCUT2D eigenvalue weighted by atomic mass is 9.83. The lowest BCUT2D eigenvalue weighted by Gasteiger charge is -2.22. The molecule has 2 aliphatic rings. The predicted octanol–water partition coefficient (Wildman–Crippen LogP) is 5.53. The first-order valence-electron chi connectivity index (χ1n) is 9.83. The Morgan fingerprint density at radius 3 is 2.48 bits per heavy atom. The van der Waals surface area contributed by atoms with Crippen LogP contribution in [0.4, 0.5) is 0 Å². The van der Waals surface area contributed by atoms with Gasteiger partial charge >= 0.3 is 0 Å². The molecule has 2 heterocycles. The van der Waals surface area contributed by atoms with E-state index in [4.69, 9.17) is 0 Å². The van der Waals surface area contributed by atoms with E-state index in [0.29, 0.717) is 0 Å². The third-order valence-electron chi connectivity index (χ3n) is 6.17. The van der Waals surface area contributed by atoms with E-state index in [-0.39, 0.29) is 0 Å². The topological polar surface area (TPSA) is 27.8 Å². The summed E-state index contributed by atoms with van der Waals surface area (Å²) < 4.78 is 0. The highest BCUT2D eigenvalue weighted by molar-refractivity contribution is 5.89. The zero-order valence-corrected chi connectivity index (χ0v) is 14.8. The van der Waals surface area contributed by atoms with Gasteiger partial charge in [0.25, 0.3) is 0 Å². The maximum Gasteiger partial charge on any atom is 0.0459 e. The van der Waals surface area contributed by atoms with E-state index in [0.717, 1.165) is 25.4 Å². The van der Waals surface area contributed by atoms with Crippen molar-refractivity contribution < 1.29 is 0 Å². The summed E-state index contributed by atoms with van der Waals surface area (Å²) in [6.07, 6.45) is 8.06. The Kier molecular flexibility index (Phi) is 3.86. The number of H-pyrrole nitrogens is 1. The van der Waals surface area contributed by atoms with E-state index in [9.17, 15) is 0 Å². The van der Waals surface area contributed by atoms with Gasteiger partial charge in [-0.05, 0) is 53.1 Å². The molecule has 3 aromatic rings. The summed E-state index contributed by atoms with van der Waals surface area (Å²) in [7, 11) is 0. The standard InChI is InChI=1S/C23H26N2/c1-2-4-16(5-3-1)17-6-8-18(9-7-17)19-10-11-22-20(14-19)21-15-24-13-12-23(21)25-22/h6-11,14,16,24-25H,1-5,12-13,15H2. The van der Waals surface area contributed by atoms with Crippen LogP contribution < -0.4 is 5.32 Å². The molecule has 0 bridgehead atoms. The van der Waals surface area contributed by atoms with Crippen molar-refractivity contribution in [3.8, 4) is 11.1 Å². The highest BCUT2D eigenvalue weighted by atomic mass is 14.9. The molecule has 0 saturated heterocycles. The molecule has 2 N–H and O–H groups in total. The normalized spacial score (nSPS) is 18.4. The molecule has 1 aliphatic carbocycles. The van der Waals surface area contributed by atoms with Gasteiger partial charge in [0.15, 0.2) is 0 Å². The van der Waals surface area contributed by atoms with Crippen LogP contribution in [0.15, 0.2) is 42.5 Å². The van der Waals surface area contributed by atoms with Crippen molar-refractivity contribution in [1.82, 2.24) is 10.3 Å². The first-order chi connectivity index (χ1) is 12.4. The van der Waals surface area contributed by atoms with Crippen molar-refractivity contribution in [1.29, 1.82) is 0 Å². The van der Waals surface area contributed by atoms with Crippen molar-refractivity contribution >= 4 is 10.9 Å². The van der Waals surface area contributed by atoms with Gasteiger partial charge in [-0.3, -0.25) is 0 Å². The molecule has 1 aliphatic heterocycles. The Bertz CT molecular complexity index is 882. The summed E-state index contributed by atoms with van der Waals surface area (Å²) >= 11 is 0. The maximum atomic E-state index is 3.61. The zero-order valence-electron chi connectivity index (χ0n) is 14.8. The van der Waals surface area contributed by atoms with E-state index in [1.54, 1.807) is 0 Å². The monoisotopic (exact) mass is 330 g/mol. The average molecular weight is 330 g/mol. The van der Waals surface area contributed by atoms with Crippen LogP contribution in [0.2, 0.25) is 0 Å². The quantitative estimate of drug-likeness (QED) is 0.635. The van der Waals surface area contributed by atoms with Gasteiger partial charge in [-0.2, -0.15) is 0 Å². The third-order valence-corrected chi connectivity index (χ3v) is 6.17. The highest BCUT2D eigenvalue weighted by Crippen LogP contribution is 2.34. The van der Waals surface area contributed by atoms with E-state index in [1.807, 2.05) is 0 Å². The van der Waals surface area contributed by atoms with Gasteiger partial charge in [0.2, 0.25) is 0 Å². The zero-order chi connectivity index (χ0) is 16.6. The summed E-state index contributed by atoms with van der Waals surface area (Å²) in [5.74, 6) is 0.785. The molecule has 0 radical (unpaired) electrons. The number of hydrogen-bond acceptors (Lipinski definition) is 1. The van der Waals surface area contributed by atoms with Crippen molar-refractivity contribution in [2.75, 3.05) is 6.54 Å². The molecule has 128 valence electrons. The fourth-order valence-electron chi connectivity index (χ4n) is 4.71. The number of fused-ring (bicyclic) bond motifs is 3. The summed E-state index contributed by atoms with van der Waals surface area (Å²) in [5.41, 5.74) is 8.35. The second-order valence-corrected chi connectivity index (χ2v) is 7.73. The predicted molar refractivity (Wildman–Crippen MR) is 105 cm³/mol. The first kappa shape index (κ1) is 15.2. The molecule has 2 nitrogen and oxygen atoms in total. The molecule has 2 aromatic carbocycles. The molecule has 0 amide bonds. The van der Waals surface area contributed by atoms with Crippen LogP contribution in [-0.4, -0.2) is 11.5 Å². The van der Waals surface area contributed by atoms with Crippen LogP contribution in [0.25, 0.3) is 22.0 Å². The van der Waals surface area contributed by atoms with Crippen LogP contribution in [0, 0.1) is 0 Å². The lowest BCUT2D eigenvalue weighted by molar-refractivity contribution is 0.443. The summed E-state index contributed by atoms with van der Waals surface area (Å²) in [5, 5.41) is 4.89. The van der Waals surface area contributed by atoms with Crippen LogP contribution in [0.5, 0.6) is 0 Å². The van der Waals surface area contributed by atoms with Crippen molar-refractivity contribution in [2.24, 2.45) is 0 Å². The van der Waals surface area contributed by atoms with Crippen molar-refractivity contribution in [3.05, 3.63) is 59.3 Å². The minimum absolute atomic E-state index is 0.785. The number of nitrogens with one attached hydrogen (secondary N) is 2. The number of aromatic nitrogens is 1. The van der Waals surface area contributed by atoms with Crippen LogP contribution >= 0.6 is 0 Å². The molecule has 2 heteroatoms. The Hall–Kier alpha value is -2.06. The summed E-state index contributed by atoms with van der Waals surface area (Å²) in [4.78, 5) is 3.61. The molecule has 1 aromatic heterocycles. The number of rotatable bonds is 2. The van der Waals surface area contributed by atoms with Gasteiger partial charge in [0, 0.05) is 36.1 Å². The second-order valence-electron chi connectivity index (χ2n) is 7.73. The van der Waals surface area contributed by atoms with Gasteiger partial charge in [0.05, 0.1) is 0 Å². The van der Waals surface area contributed by atoms with E-state index in [1.165, 1.54) is 71.0 Å². The Labute approximate surface area is 149 Å². The highest BCUT2D eigenvalue weighted by Gasteiger charge is 2.17. The first-order valence-corrected chi connectivity index (χ1v) is 9.83. The van der Waals surface area contributed by atoms with Gasteiger partial charge in [-0.1, -0.05) is 49.6 Å². The summed E-state index contributed by atoms with van der Waals surface area (Å²) in [6.45, 7) is 2.06. The lowest BCUT2D eigenvalue weighted by Crippen LogP contribution is -2.22. The van der Waals surface area contributed by atoms with Crippen LogP contribution in [-0.2, 0) is 13.0 Å². The Morgan fingerprint density at radius 1 is 0.840 bits per heavy atom. The van der Waals surface area contributed by atoms with Gasteiger partial charge in [-0.25, -0.2) is 0 Å². The van der Waals surface area contributed by atoms with Crippen LogP contribution in [0.1, 0.15) is 54.8 Å². The minimum Gasteiger partial charge on any atom is -0.358 e. The molecule has 0 unspecified atom stereocenters. The molecular weight excluding hydrogens is 304 g/mol. The fourth-order valence-corrected chi connectivity index (χ4v) is 4.71. The number of aromatic amines is 1. The largest absolute Gasteiger partial charge is 0.358 e. The summed E-state index contributed by atoms with van der Waals surface area (Å²) in [6, 6.07) is 16.2. The van der Waals surface area contributed by atoms with Crippen molar-refractivity contribution in [2.45, 2.75) is 51.0 Å². The fraction of sp³-hybridized carbons (Fsp3) is 0.391. The molecule has 25 heavy (non-hydrogen) atoms. The van der Waals surface area contributed by atoms with Gasteiger partial charge in [-0.15, -0.1) is 0 Å². The van der Waals surface area contributed by atoms with Gasteiger partial charge < -0.3 is 10.3 Å². The minimum atomic E-state index is 0.785. The SMILES string of the molecule is c1cc(C2CCCCC2)ccc1-c1ccc2[nH]c3c(c2c1)CNCC3. The molecule has 1 fully saturated rings. The van der Waals surface area contributed by atoms with Gasteiger partial charge in [0.1, 0.15) is 0 Å². The molecular formula is C23H26N2. The second kappa shape index (κ2) is 6.34. The average Bonchev–Trinajstić information content (AvgIpc) is 3.07. The number of benzene rings is 2. The van der Waals surface area contributed by atoms with E-state index < -0.39 is 0 Å². The van der Waals surface area contributed by atoms with E-state index in [2.05, 4.69) is 52.8 Å². The molecule has 0 spiro atoms. The van der Waals surface area contributed by atoms with Crippen LogP contribution in [0.3, 0.4) is 0 Å². The smallest absolute Gasteiger partial charge is 0.0459 e. The number of hydrogen-bond donors (Lipinski definition) is 2. The molecule has 5 rings (SSSR count). The molecule has 1 saturated carbocycles. The van der Waals surface area contributed by atoms with Crippen molar-refractivity contribution in [3.63, 3.8) is 0 Å². The Morgan fingerprint density at radius 2 is 1.64 bits per heavy atom. The third kappa shape index (κ3) is 2.79. The Balaban J connectivity index is 1.48.